The maximum Gasteiger partial charge on any atom is 0.187 e. The minimum absolute atomic E-state index is 0.101. The van der Waals surface area contributed by atoms with Gasteiger partial charge in [-0.15, -0.1) is 11.3 Å². The molecule has 38 heavy (non-hydrogen) atoms. The highest BCUT2D eigenvalue weighted by Crippen LogP contribution is 2.41. The lowest BCUT2D eigenvalue weighted by molar-refractivity contribution is 0.233. The van der Waals surface area contributed by atoms with Gasteiger partial charge in [-0.1, -0.05) is 60.1 Å². The zero-order chi connectivity index (χ0) is 26.1. The van der Waals surface area contributed by atoms with Crippen molar-refractivity contribution in [1.29, 1.82) is 0 Å². The van der Waals surface area contributed by atoms with Gasteiger partial charge in [0.2, 0.25) is 0 Å². The van der Waals surface area contributed by atoms with E-state index >= 15 is 0 Å². The summed E-state index contributed by atoms with van der Waals surface area (Å²) in [6.45, 7) is 4.57. The summed E-state index contributed by atoms with van der Waals surface area (Å²) in [5, 5.41) is 5.16. The molecule has 0 saturated carbocycles. The molecule has 0 bridgehead atoms. The maximum atomic E-state index is 6.69. The first-order chi connectivity index (χ1) is 18.6. The van der Waals surface area contributed by atoms with Crippen molar-refractivity contribution >= 4 is 33.8 Å². The van der Waals surface area contributed by atoms with Gasteiger partial charge in [-0.05, 0) is 36.2 Å². The van der Waals surface area contributed by atoms with E-state index in [9.17, 15) is 0 Å². The number of hydrogen-bond acceptors (Lipinski definition) is 6. The second kappa shape index (κ2) is 10.6. The highest BCUT2D eigenvalue weighted by Gasteiger charge is 2.31. The largest absolute Gasteiger partial charge is 0.494 e. The van der Waals surface area contributed by atoms with Gasteiger partial charge >= 0.3 is 0 Å². The lowest BCUT2D eigenvalue weighted by Crippen LogP contribution is -2.33. The van der Waals surface area contributed by atoms with Crippen molar-refractivity contribution in [1.82, 2.24) is 19.4 Å². The van der Waals surface area contributed by atoms with Gasteiger partial charge < -0.3 is 14.6 Å². The Labute approximate surface area is 231 Å². The smallest absolute Gasteiger partial charge is 0.187 e. The molecule has 1 N–H and O–H groups in total. The van der Waals surface area contributed by atoms with E-state index < -0.39 is 0 Å². The Hall–Kier alpha value is -3.65. The number of rotatable bonds is 7. The number of benzene rings is 3. The van der Waals surface area contributed by atoms with Crippen LogP contribution in [0.25, 0.3) is 5.69 Å². The third kappa shape index (κ3) is 5.05. The SMILES string of the molecule is COc1cc(Nc2nc3c(s2)CN(Cc2ccccc2)CC3c2ccccc2Cl)ccc1-n1cnc(C)c1. The number of nitrogens with zero attached hydrogens (tertiary/aromatic N) is 4. The zero-order valence-corrected chi connectivity index (χ0v) is 22.8. The van der Waals surface area contributed by atoms with E-state index in [2.05, 4.69) is 57.7 Å². The molecule has 0 radical (unpaired) electrons. The van der Waals surface area contributed by atoms with Gasteiger partial charge in [0.25, 0.3) is 0 Å². The van der Waals surface area contributed by atoms with Crippen LogP contribution in [0.15, 0.2) is 85.3 Å². The molecule has 0 fully saturated rings. The normalized spacial score (nSPS) is 15.3. The Morgan fingerprint density at radius 1 is 1.08 bits per heavy atom. The topological polar surface area (TPSA) is 55.2 Å². The summed E-state index contributed by atoms with van der Waals surface area (Å²) < 4.78 is 7.67. The number of ether oxygens (including phenoxy) is 1. The van der Waals surface area contributed by atoms with Crippen molar-refractivity contribution in [2.75, 3.05) is 19.0 Å². The Bertz CT molecular complexity index is 1560. The molecular formula is C30H28ClN5OS. The molecular weight excluding hydrogens is 514 g/mol. The molecule has 3 aromatic carbocycles. The molecule has 1 unspecified atom stereocenters. The Balaban J connectivity index is 1.31. The van der Waals surface area contributed by atoms with Gasteiger partial charge in [0, 0.05) is 53.4 Å². The lowest BCUT2D eigenvalue weighted by Gasteiger charge is -2.32. The maximum absolute atomic E-state index is 6.69. The summed E-state index contributed by atoms with van der Waals surface area (Å²) in [4.78, 5) is 13.2. The molecule has 0 amide bonds. The predicted octanol–water partition coefficient (Wildman–Crippen LogP) is 7.19. The number of nitrogens with one attached hydrogen (secondary N) is 1. The fraction of sp³-hybridized carbons (Fsp3) is 0.200. The standard InChI is InChI=1S/C30H28ClN5OS/c1-20-15-36(19-32-20)26-13-12-22(14-27(26)37-2)33-30-34-29-24(23-10-6-7-11-25(23)31)17-35(18-28(29)38-30)16-21-8-4-3-5-9-21/h3-15,19,24H,16-18H2,1-2H3,(H,33,34). The van der Waals surface area contributed by atoms with Crippen LogP contribution in [-0.4, -0.2) is 33.1 Å². The predicted molar refractivity (Wildman–Crippen MR) is 154 cm³/mol. The number of aryl methyl sites for hydroxylation is 1. The van der Waals surface area contributed by atoms with Crippen LogP contribution in [-0.2, 0) is 13.1 Å². The molecule has 1 aliphatic heterocycles. The number of hydrogen-bond donors (Lipinski definition) is 1. The number of thiazole rings is 1. The van der Waals surface area contributed by atoms with E-state index in [1.807, 2.05) is 48.0 Å². The monoisotopic (exact) mass is 541 g/mol. The fourth-order valence-electron chi connectivity index (χ4n) is 5.03. The summed E-state index contributed by atoms with van der Waals surface area (Å²) in [5.74, 6) is 0.862. The Morgan fingerprint density at radius 3 is 2.66 bits per heavy atom. The van der Waals surface area contributed by atoms with Crippen molar-refractivity contribution in [2.45, 2.75) is 25.9 Å². The number of fused-ring (bicyclic) bond motifs is 1. The first kappa shape index (κ1) is 24.7. The zero-order valence-electron chi connectivity index (χ0n) is 21.3. The quantitative estimate of drug-likeness (QED) is 0.236. The molecule has 8 heteroatoms. The Kier molecular flexibility index (Phi) is 6.89. The second-order valence-corrected chi connectivity index (χ2v) is 11.0. The molecule has 1 aliphatic rings. The molecule has 1 atom stereocenters. The first-order valence-corrected chi connectivity index (χ1v) is 13.7. The number of aromatic nitrogens is 3. The van der Waals surface area contributed by atoms with Gasteiger partial charge in [-0.2, -0.15) is 0 Å². The summed E-state index contributed by atoms with van der Waals surface area (Å²) in [6.07, 6.45) is 3.78. The van der Waals surface area contributed by atoms with Crippen molar-refractivity contribution in [3.05, 3.63) is 118 Å². The van der Waals surface area contributed by atoms with Crippen LogP contribution < -0.4 is 10.1 Å². The summed E-state index contributed by atoms with van der Waals surface area (Å²) >= 11 is 8.39. The van der Waals surface area contributed by atoms with Crippen molar-refractivity contribution in [2.24, 2.45) is 0 Å². The van der Waals surface area contributed by atoms with Gasteiger partial charge in [0.05, 0.1) is 30.5 Å². The van der Waals surface area contributed by atoms with E-state index in [4.69, 9.17) is 21.3 Å². The van der Waals surface area contributed by atoms with Crippen LogP contribution in [0.3, 0.4) is 0 Å². The number of anilines is 2. The van der Waals surface area contributed by atoms with Crippen molar-refractivity contribution < 1.29 is 4.74 Å². The average molecular weight is 542 g/mol. The van der Waals surface area contributed by atoms with Crippen LogP contribution in [0.1, 0.15) is 33.3 Å². The summed E-state index contributed by atoms with van der Waals surface area (Å²) in [6, 6.07) is 24.8. The molecule has 0 aliphatic carbocycles. The van der Waals surface area contributed by atoms with Crippen LogP contribution in [0.5, 0.6) is 5.75 Å². The van der Waals surface area contributed by atoms with Gasteiger partial charge in [-0.3, -0.25) is 4.90 Å². The molecule has 5 aromatic rings. The molecule has 6 rings (SSSR count). The van der Waals surface area contributed by atoms with E-state index in [1.165, 1.54) is 10.4 Å². The highest BCUT2D eigenvalue weighted by atomic mass is 35.5. The van der Waals surface area contributed by atoms with Gasteiger partial charge in [0.15, 0.2) is 5.13 Å². The van der Waals surface area contributed by atoms with Crippen molar-refractivity contribution in [3.63, 3.8) is 0 Å². The number of halogens is 1. The van der Waals surface area contributed by atoms with Gasteiger partial charge in [0.1, 0.15) is 5.75 Å². The van der Waals surface area contributed by atoms with E-state index in [-0.39, 0.29) is 5.92 Å². The number of imidazole rings is 1. The molecule has 0 saturated heterocycles. The highest BCUT2D eigenvalue weighted by molar-refractivity contribution is 7.15. The van der Waals surface area contributed by atoms with Crippen LogP contribution >= 0.6 is 22.9 Å². The fourth-order valence-corrected chi connectivity index (χ4v) is 6.38. The minimum Gasteiger partial charge on any atom is -0.494 e. The molecule has 192 valence electrons. The Morgan fingerprint density at radius 2 is 1.89 bits per heavy atom. The second-order valence-electron chi connectivity index (χ2n) is 9.49. The average Bonchev–Trinajstić information content (AvgIpc) is 3.54. The van der Waals surface area contributed by atoms with Crippen molar-refractivity contribution in [3.8, 4) is 11.4 Å². The first-order valence-electron chi connectivity index (χ1n) is 12.5. The third-order valence-electron chi connectivity index (χ3n) is 6.82. The number of methoxy groups -OCH3 is 1. The molecule has 2 aromatic heterocycles. The summed E-state index contributed by atoms with van der Waals surface area (Å²) in [5.41, 5.74) is 6.34. The molecule has 3 heterocycles. The minimum atomic E-state index is 0.101. The molecule has 6 nitrogen and oxygen atoms in total. The third-order valence-corrected chi connectivity index (χ3v) is 8.13. The van der Waals surface area contributed by atoms with Gasteiger partial charge in [-0.25, -0.2) is 9.97 Å². The van der Waals surface area contributed by atoms with E-state index in [1.54, 1.807) is 24.8 Å². The summed E-state index contributed by atoms with van der Waals surface area (Å²) in [7, 11) is 1.68. The van der Waals surface area contributed by atoms with E-state index in [0.29, 0.717) is 0 Å². The molecule has 0 spiro atoms. The van der Waals surface area contributed by atoms with Crippen LogP contribution in [0.2, 0.25) is 5.02 Å². The van der Waals surface area contributed by atoms with E-state index in [0.717, 1.165) is 63.9 Å². The van der Waals surface area contributed by atoms with Crippen LogP contribution in [0, 0.1) is 6.92 Å². The van der Waals surface area contributed by atoms with Crippen LogP contribution in [0.4, 0.5) is 10.8 Å². The lowest BCUT2D eigenvalue weighted by atomic mass is 9.91.